The number of halogens is 3. The van der Waals surface area contributed by atoms with Crippen molar-refractivity contribution >= 4 is 11.8 Å². The van der Waals surface area contributed by atoms with Crippen LogP contribution in [0.5, 0.6) is 0 Å². The first kappa shape index (κ1) is 13.6. The van der Waals surface area contributed by atoms with Crippen molar-refractivity contribution in [2.45, 2.75) is 25.4 Å². The maximum absolute atomic E-state index is 12.7. The Morgan fingerprint density at radius 3 is 2.37 bits per heavy atom. The van der Waals surface area contributed by atoms with Gasteiger partial charge in [0, 0.05) is 19.2 Å². The molecule has 1 aliphatic heterocycles. The van der Waals surface area contributed by atoms with Gasteiger partial charge in [0.2, 0.25) is 5.82 Å². The third-order valence-electron chi connectivity index (χ3n) is 2.87. The lowest BCUT2D eigenvalue weighted by Gasteiger charge is -2.28. The Morgan fingerprint density at radius 2 is 1.84 bits per heavy atom. The van der Waals surface area contributed by atoms with Gasteiger partial charge in [0.1, 0.15) is 5.82 Å². The maximum Gasteiger partial charge on any atom is 0.433 e. The monoisotopic (exact) mass is 275 g/mol. The summed E-state index contributed by atoms with van der Waals surface area (Å²) in [5.74, 6) is -2.36. The number of hydrogen-bond donors (Lipinski definition) is 1. The molecule has 0 spiro atoms. The second-order valence-corrected chi connectivity index (χ2v) is 4.29. The Bertz CT molecular complexity index is 485. The number of aromatic carboxylic acids is 1. The molecule has 0 atom stereocenters. The Morgan fingerprint density at radius 1 is 1.21 bits per heavy atom. The molecule has 5 nitrogen and oxygen atoms in total. The summed E-state index contributed by atoms with van der Waals surface area (Å²) in [5.41, 5.74) is -1.22. The minimum atomic E-state index is -4.68. The number of aromatic nitrogens is 2. The molecule has 0 bridgehead atoms. The SMILES string of the molecule is O=C(O)c1nc(N2CCCCC2)cc(C(F)(F)F)n1. The van der Waals surface area contributed by atoms with Gasteiger partial charge in [0.25, 0.3) is 0 Å². The highest BCUT2D eigenvalue weighted by atomic mass is 19.4. The van der Waals surface area contributed by atoms with Crippen LogP contribution in [0, 0.1) is 0 Å². The van der Waals surface area contributed by atoms with Gasteiger partial charge < -0.3 is 10.0 Å². The molecule has 2 rings (SSSR count). The van der Waals surface area contributed by atoms with Crippen LogP contribution in [0.4, 0.5) is 19.0 Å². The quantitative estimate of drug-likeness (QED) is 0.896. The van der Waals surface area contributed by atoms with Gasteiger partial charge in [0.05, 0.1) is 0 Å². The molecule has 0 unspecified atom stereocenters. The van der Waals surface area contributed by atoms with E-state index in [0.29, 0.717) is 13.1 Å². The number of piperidine rings is 1. The number of nitrogens with zero attached hydrogens (tertiary/aromatic N) is 3. The molecule has 0 radical (unpaired) electrons. The van der Waals surface area contributed by atoms with Crippen LogP contribution in [0.3, 0.4) is 0 Å². The van der Waals surface area contributed by atoms with Crippen molar-refractivity contribution in [1.29, 1.82) is 0 Å². The number of carboxylic acids is 1. The van der Waals surface area contributed by atoms with E-state index in [1.807, 2.05) is 0 Å². The summed E-state index contributed by atoms with van der Waals surface area (Å²) in [7, 11) is 0. The summed E-state index contributed by atoms with van der Waals surface area (Å²) in [6.07, 6.45) is -1.96. The lowest BCUT2D eigenvalue weighted by atomic mass is 10.1. The third kappa shape index (κ3) is 3.12. The van der Waals surface area contributed by atoms with Crippen molar-refractivity contribution < 1.29 is 23.1 Å². The van der Waals surface area contributed by atoms with Gasteiger partial charge in [-0.15, -0.1) is 0 Å². The lowest BCUT2D eigenvalue weighted by Crippen LogP contribution is -2.31. The zero-order valence-electron chi connectivity index (χ0n) is 9.94. The van der Waals surface area contributed by atoms with Crippen LogP contribution in [-0.4, -0.2) is 34.1 Å². The number of carboxylic acid groups (broad SMARTS) is 1. The summed E-state index contributed by atoms with van der Waals surface area (Å²) < 4.78 is 38.0. The molecule has 19 heavy (non-hydrogen) atoms. The molecule has 8 heteroatoms. The number of hydrogen-bond acceptors (Lipinski definition) is 4. The van der Waals surface area contributed by atoms with Gasteiger partial charge in [-0.25, -0.2) is 14.8 Å². The van der Waals surface area contributed by atoms with E-state index < -0.39 is 23.7 Å². The lowest BCUT2D eigenvalue weighted by molar-refractivity contribution is -0.141. The first-order valence-corrected chi connectivity index (χ1v) is 5.82. The molecule has 1 N–H and O–H groups in total. The highest BCUT2D eigenvalue weighted by molar-refractivity contribution is 5.83. The van der Waals surface area contributed by atoms with Crippen molar-refractivity contribution in [3.8, 4) is 0 Å². The van der Waals surface area contributed by atoms with Crippen LogP contribution in [0.1, 0.15) is 35.6 Å². The van der Waals surface area contributed by atoms with Crippen molar-refractivity contribution in [3.63, 3.8) is 0 Å². The van der Waals surface area contributed by atoms with Crippen molar-refractivity contribution in [2.24, 2.45) is 0 Å². The molecule has 1 aliphatic rings. The Balaban J connectivity index is 2.41. The molecule has 2 heterocycles. The van der Waals surface area contributed by atoms with Crippen LogP contribution >= 0.6 is 0 Å². The molecule has 0 saturated carbocycles. The zero-order chi connectivity index (χ0) is 14.0. The maximum atomic E-state index is 12.7. The van der Waals surface area contributed by atoms with Crippen LogP contribution in [0.15, 0.2) is 6.07 Å². The highest BCUT2D eigenvalue weighted by Gasteiger charge is 2.35. The summed E-state index contributed by atoms with van der Waals surface area (Å²) in [6.45, 7) is 1.15. The molecule has 1 saturated heterocycles. The first-order valence-electron chi connectivity index (χ1n) is 5.82. The molecule has 1 aromatic rings. The summed E-state index contributed by atoms with van der Waals surface area (Å²) in [5, 5.41) is 8.79. The Hall–Kier alpha value is -1.86. The smallest absolute Gasteiger partial charge is 0.433 e. The van der Waals surface area contributed by atoms with E-state index in [2.05, 4.69) is 9.97 Å². The normalized spacial score (nSPS) is 16.5. The summed E-state index contributed by atoms with van der Waals surface area (Å²) in [6, 6.07) is 0.803. The summed E-state index contributed by atoms with van der Waals surface area (Å²) >= 11 is 0. The average Bonchev–Trinajstić information content (AvgIpc) is 2.38. The van der Waals surface area contributed by atoms with Gasteiger partial charge in [-0.1, -0.05) is 0 Å². The molecular weight excluding hydrogens is 263 g/mol. The fourth-order valence-electron chi connectivity index (χ4n) is 1.96. The van der Waals surface area contributed by atoms with E-state index in [4.69, 9.17) is 5.11 Å². The van der Waals surface area contributed by atoms with E-state index in [-0.39, 0.29) is 5.82 Å². The predicted octanol–water partition coefficient (Wildman–Crippen LogP) is 2.18. The summed E-state index contributed by atoms with van der Waals surface area (Å²) in [4.78, 5) is 19.2. The van der Waals surface area contributed by atoms with Crippen LogP contribution in [0.25, 0.3) is 0 Å². The van der Waals surface area contributed by atoms with Gasteiger partial charge >= 0.3 is 12.1 Å². The largest absolute Gasteiger partial charge is 0.475 e. The van der Waals surface area contributed by atoms with Crippen molar-refractivity contribution in [2.75, 3.05) is 18.0 Å². The molecule has 1 aromatic heterocycles. The molecule has 0 aromatic carbocycles. The van der Waals surface area contributed by atoms with E-state index in [0.717, 1.165) is 25.3 Å². The second kappa shape index (κ2) is 5.02. The minimum absolute atomic E-state index is 0.0272. The second-order valence-electron chi connectivity index (χ2n) is 4.29. The van der Waals surface area contributed by atoms with Crippen molar-refractivity contribution in [1.82, 2.24) is 9.97 Å². The molecule has 104 valence electrons. The third-order valence-corrected chi connectivity index (χ3v) is 2.87. The number of rotatable bonds is 2. The Kier molecular flexibility index (Phi) is 3.59. The van der Waals surface area contributed by atoms with Crippen LogP contribution in [0.2, 0.25) is 0 Å². The Labute approximate surface area is 107 Å². The molecule has 0 amide bonds. The molecule has 0 aliphatic carbocycles. The van der Waals surface area contributed by atoms with Gasteiger partial charge in [-0.05, 0) is 19.3 Å². The average molecular weight is 275 g/mol. The van der Waals surface area contributed by atoms with Crippen LogP contribution < -0.4 is 4.90 Å². The van der Waals surface area contributed by atoms with E-state index in [1.54, 1.807) is 4.90 Å². The zero-order valence-corrected chi connectivity index (χ0v) is 9.94. The van der Waals surface area contributed by atoms with Crippen molar-refractivity contribution in [3.05, 3.63) is 17.6 Å². The molecular formula is C11H12F3N3O2. The fraction of sp³-hybridized carbons (Fsp3) is 0.545. The number of carbonyl (C=O) groups is 1. The van der Waals surface area contributed by atoms with E-state index in [1.165, 1.54) is 0 Å². The topological polar surface area (TPSA) is 66.3 Å². The van der Waals surface area contributed by atoms with Crippen LogP contribution in [-0.2, 0) is 6.18 Å². The first-order chi connectivity index (χ1) is 8.88. The van der Waals surface area contributed by atoms with Gasteiger partial charge in [-0.2, -0.15) is 13.2 Å². The predicted molar refractivity (Wildman–Crippen MR) is 60.1 cm³/mol. The fourth-order valence-corrected chi connectivity index (χ4v) is 1.96. The number of anilines is 1. The van der Waals surface area contributed by atoms with Gasteiger partial charge in [0.15, 0.2) is 5.69 Å². The highest BCUT2D eigenvalue weighted by Crippen LogP contribution is 2.30. The van der Waals surface area contributed by atoms with Gasteiger partial charge in [-0.3, -0.25) is 0 Å². The minimum Gasteiger partial charge on any atom is -0.475 e. The standard InChI is InChI=1S/C11H12F3N3O2/c12-11(13,14)7-6-8(16-9(15-7)10(18)19)17-4-2-1-3-5-17/h6H,1-5H2,(H,18,19). The number of alkyl halides is 3. The van der Waals surface area contributed by atoms with E-state index in [9.17, 15) is 18.0 Å². The van der Waals surface area contributed by atoms with E-state index >= 15 is 0 Å². The molecule has 1 fully saturated rings.